The Balaban J connectivity index is 1.99. The summed E-state index contributed by atoms with van der Waals surface area (Å²) in [5.74, 6) is 0.794. The summed E-state index contributed by atoms with van der Waals surface area (Å²) in [5, 5.41) is 5.68. The van der Waals surface area contributed by atoms with Gasteiger partial charge in [0, 0.05) is 18.1 Å². The Morgan fingerprint density at radius 1 is 1.43 bits per heavy atom. The van der Waals surface area contributed by atoms with Crippen LogP contribution in [0.2, 0.25) is 0 Å². The first-order valence-corrected chi connectivity index (χ1v) is 7.82. The van der Waals surface area contributed by atoms with E-state index in [2.05, 4.69) is 10.3 Å². The third kappa shape index (κ3) is 3.82. The molecule has 0 aliphatic heterocycles. The van der Waals surface area contributed by atoms with Crippen molar-refractivity contribution in [3.8, 4) is 5.75 Å². The Kier molecular flexibility index (Phi) is 4.96. The van der Waals surface area contributed by atoms with Crippen molar-refractivity contribution >= 4 is 17.2 Å². The fraction of sp³-hybridized carbons (Fsp3) is 0.375. The lowest BCUT2D eigenvalue weighted by Crippen LogP contribution is -2.39. The minimum atomic E-state index is -0.619. The normalized spacial score (nSPS) is 11.2. The van der Waals surface area contributed by atoms with Gasteiger partial charge in [-0.1, -0.05) is 12.1 Å². The zero-order chi connectivity index (χ0) is 15.3. The molecule has 2 aromatic rings. The molecule has 1 amide bonds. The zero-order valence-electron chi connectivity index (χ0n) is 12.6. The molecule has 1 aromatic carbocycles. The van der Waals surface area contributed by atoms with E-state index in [0.29, 0.717) is 13.2 Å². The average molecular weight is 304 g/mol. The molecule has 0 spiro atoms. The number of rotatable bonds is 6. The average Bonchev–Trinajstić information content (AvgIpc) is 3.00. The molecular weight excluding hydrogens is 284 g/mol. The van der Waals surface area contributed by atoms with E-state index < -0.39 is 5.41 Å². The monoisotopic (exact) mass is 304 g/mol. The molecule has 0 aliphatic carbocycles. The topological polar surface area (TPSA) is 51.2 Å². The third-order valence-corrected chi connectivity index (χ3v) is 4.29. The molecule has 0 radical (unpaired) electrons. The number of aromatic nitrogens is 1. The fourth-order valence-electron chi connectivity index (χ4n) is 1.94. The first-order valence-electron chi connectivity index (χ1n) is 6.94. The van der Waals surface area contributed by atoms with Crippen LogP contribution in [0.1, 0.15) is 31.3 Å². The first kappa shape index (κ1) is 15.5. The number of ether oxygens (including phenoxy) is 1. The van der Waals surface area contributed by atoms with Crippen LogP contribution >= 0.6 is 11.3 Å². The molecule has 112 valence electrons. The highest BCUT2D eigenvalue weighted by Crippen LogP contribution is 2.25. The highest BCUT2D eigenvalue weighted by Gasteiger charge is 2.31. The predicted molar refractivity (Wildman–Crippen MR) is 84.6 cm³/mol. The van der Waals surface area contributed by atoms with E-state index in [4.69, 9.17) is 4.74 Å². The minimum Gasteiger partial charge on any atom is -0.494 e. The van der Waals surface area contributed by atoms with Crippen LogP contribution in [0.3, 0.4) is 0 Å². The van der Waals surface area contributed by atoms with Crippen molar-refractivity contribution in [2.24, 2.45) is 0 Å². The van der Waals surface area contributed by atoms with Crippen molar-refractivity contribution in [3.05, 3.63) is 46.4 Å². The van der Waals surface area contributed by atoms with Gasteiger partial charge in [-0.3, -0.25) is 4.79 Å². The highest BCUT2D eigenvalue weighted by atomic mass is 32.1. The van der Waals surface area contributed by atoms with Crippen LogP contribution in [0.4, 0.5) is 0 Å². The number of benzene rings is 1. The number of carbonyl (C=O) groups excluding carboxylic acids is 1. The quantitative estimate of drug-likeness (QED) is 0.892. The molecule has 0 saturated heterocycles. The number of hydrogen-bond acceptors (Lipinski definition) is 4. The van der Waals surface area contributed by atoms with Gasteiger partial charge in [-0.25, -0.2) is 4.98 Å². The van der Waals surface area contributed by atoms with E-state index in [-0.39, 0.29) is 5.91 Å². The fourth-order valence-corrected chi connectivity index (χ4v) is 2.70. The van der Waals surface area contributed by atoms with Gasteiger partial charge in [0.05, 0.1) is 12.0 Å². The van der Waals surface area contributed by atoms with Gasteiger partial charge in [0.25, 0.3) is 0 Å². The maximum absolute atomic E-state index is 12.4. The summed E-state index contributed by atoms with van der Waals surface area (Å²) in [7, 11) is 0. The van der Waals surface area contributed by atoms with Crippen molar-refractivity contribution in [2.75, 3.05) is 6.61 Å². The lowest BCUT2D eigenvalue weighted by atomic mass is 9.93. The molecule has 5 heteroatoms. The van der Waals surface area contributed by atoms with Crippen LogP contribution < -0.4 is 10.1 Å². The number of nitrogens with one attached hydrogen (secondary N) is 1. The smallest absolute Gasteiger partial charge is 0.232 e. The number of hydrogen-bond donors (Lipinski definition) is 1. The second-order valence-electron chi connectivity index (χ2n) is 5.23. The molecule has 4 nitrogen and oxygen atoms in total. The number of nitrogens with zero attached hydrogens (tertiary/aromatic N) is 1. The summed E-state index contributed by atoms with van der Waals surface area (Å²) in [5.41, 5.74) is 0.398. The molecular formula is C16H20N2O2S. The van der Waals surface area contributed by atoms with Crippen LogP contribution in [0.5, 0.6) is 5.75 Å². The van der Waals surface area contributed by atoms with Gasteiger partial charge >= 0.3 is 0 Å². The molecule has 1 N–H and O–H groups in total. The second kappa shape index (κ2) is 6.72. The Hall–Kier alpha value is -1.88. The molecule has 21 heavy (non-hydrogen) atoms. The van der Waals surface area contributed by atoms with Crippen molar-refractivity contribution in [1.82, 2.24) is 10.3 Å². The van der Waals surface area contributed by atoms with Crippen LogP contribution in [0, 0.1) is 0 Å². The number of thiazole rings is 1. The van der Waals surface area contributed by atoms with Crippen molar-refractivity contribution in [3.63, 3.8) is 0 Å². The van der Waals surface area contributed by atoms with Gasteiger partial charge in [0.1, 0.15) is 10.8 Å². The van der Waals surface area contributed by atoms with Crippen molar-refractivity contribution < 1.29 is 9.53 Å². The number of amides is 1. The van der Waals surface area contributed by atoms with Gasteiger partial charge in [-0.2, -0.15) is 0 Å². The summed E-state index contributed by atoms with van der Waals surface area (Å²) >= 11 is 1.50. The Bertz CT molecular complexity index is 594. The van der Waals surface area contributed by atoms with Crippen LogP contribution in [0.25, 0.3) is 0 Å². The molecule has 0 fully saturated rings. The van der Waals surface area contributed by atoms with Gasteiger partial charge < -0.3 is 10.1 Å². The Morgan fingerprint density at radius 3 is 2.90 bits per heavy atom. The van der Waals surface area contributed by atoms with Crippen molar-refractivity contribution in [1.29, 1.82) is 0 Å². The molecule has 0 bridgehead atoms. The molecule has 0 aliphatic rings. The Labute approximate surface area is 129 Å². The zero-order valence-corrected chi connectivity index (χ0v) is 13.4. The molecule has 1 aromatic heterocycles. The highest BCUT2D eigenvalue weighted by molar-refractivity contribution is 7.09. The van der Waals surface area contributed by atoms with Gasteiger partial charge in [0.15, 0.2) is 0 Å². The lowest BCUT2D eigenvalue weighted by molar-refractivity contribution is -0.125. The van der Waals surface area contributed by atoms with Crippen LogP contribution in [-0.2, 0) is 16.8 Å². The summed E-state index contributed by atoms with van der Waals surface area (Å²) in [6.07, 6.45) is 1.72. The SMILES string of the molecule is CCOc1cccc(CNC(=O)C(C)(C)c2nccs2)c1. The van der Waals surface area contributed by atoms with Crippen LogP contribution in [-0.4, -0.2) is 17.5 Å². The standard InChI is InChI=1S/C16H20N2O2S/c1-4-20-13-7-5-6-12(10-13)11-18-14(19)16(2,3)15-17-8-9-21-15/h5-10H,4,11H2,1-3H3,(H,18,19). The van der Waals surface area contributed by atoms with E-state index in [1.165, 1.54) is 11.3 Å². The summed E-state index contributed by atoms with van der Waals surface area (Å²) in [6, 6.07) is 7.76. The molecule has 0 atom stereocenters. The largest absolute Gasteiger partial charge is 0.494 e. The molecule has 2 rings (SSSR count). The van der Waals surface area contributed by atoms with Crippen molar-refractivity contribution in [2.45, 2.75) is 32.7 Å². The van der Waals surface area contributed by atoms with E-state index in [9.17, 15) is 4.79 Å². The predicted octanol–water partition coefficient (Wildman–Crippen LogP) is 3.14. The summed E-state index contributed by atoms with van der Waals surface area (Å²) < 4.78 is 5.46. The molecule has 0 unspecified atom stereocenters. The minimum absolute atomic E-state index is 0.0285. The van der Waals surface area contributed by atoms with Gasteiger partial charge in [-0.05, 0) is 38.5 Å². The van der Waals surface area contributed by atoms with E-state index in [0.717, 1.165) is 16.3 Å². The lowest BCUT2D eigenvalue weighted by Gasteiger charge is -2.21. The maximum atomic E-state index is 12.4. The molecule has 0 saturated carbocycles. The third-order valence-electron chi connectivity index (χ3n) is 3.20. The molecule has 1 heterocycles. The maximum Gasteiger partial charge on any atom is 0.232 e. The van der Waals surface area contributed by atoms with Gasteiger partial charge in [0.2, 0.25) is 5.91 Å². The van der Waals surface area contributed by atoms with Crippen LogP contribution in [0.15, 0.2) is 35.8 Å². The second-order valence-corrected chi connectivity index (χ2v) is 6.12. The van der Waals surface area contributed by atoms with Gasteiger partial charge in [-0.15, -0.1) is 11.3 Å². The summed E-state index contributed by atoms with van der Waals surface area (Å²) in [6.45, 7) is 6.84. The summed E-state index contributed by atoms with van der Waals surface area (Å²) in [4.78, 5) is 16.6. The Morgan fingerprint density at radius 2 is 2.24 bits per heavy atom. The number of carbonyl (C=O) groups is 1. The van der Waals surface area contributed by atoms with E-state index in [1.807, 2.05) is 50.4 Å². The first-order chi connectivity index (χ1) is 10.0. The van der Waals surface area contributed by atoms with E-state index >= 15 is 0 Å². The van der Waals surface area contributed by atoms with E-state index in [1.54, 1.807) is 6.20 Å².